The minimum Gasteiger partial charge on any atom is -0.457 e. The van der Waals surface area contributed by atoms with Crippen LogP contribution in [0.2, 0.25) is 0 Å². The quantitative estimate of drug-likeness (QED) is 0.0420. The highest BCUT2D eigenvalue weighted by molar-refractivity contribution is 5.69. The van der Waals surface area contributed by atoms with Crippen molar-refractivity contribution < 1.29 is 19.4 Å². The Hall–Kier alpha value is -1.13. The van der Waals surface area contributed by atoms with Gasteiger partial charge in [-0.3, -0.25) is 4.79 Å². The van der Waals surface area contributed by atoms with Crippen molar-refractivity contribution in [2.45, 2.75) is 213 Å². The third-order valence-electron chi connectivity index (χ3n) is 8.75. The number of allylic oxidation sites excluding steroid dienone is 4. The molecular formula is C41H78O4. The maximum absolute atomic E-state index is 12.1. The van der Waals surface area contributed by atoms with Gasteiger partial charge >= 0.3 is 5.97 Å². The van der Waals surface area contributed by atoms with Gasteiger partial charge in [0, 0.05) is 13.0 Å². The average molecular weight is 635 g/mol. The fraction of sp³-hybridized carbons (Fsp3) is 0.878. The van der Waals surface area contributed by atoms with Gasteiger partial charge in [-0.05, 0) is 64.2 Å². The monoisotopic (exact) mass is 635 g/mol. The van der Waals surface area contributed by atoms with Crippen LogP contribution < -0.4 is 0 Å². The molecule has 1 atom stereocenters. The molecule has 0 bridgehead atoms. The highest BCUT2D eigenvalue weighted by Gasteiger charge is 2.13. The van der Waals surface area contributed by atoms with Gasteiger partial charge in [-0.25, -0.2) is 0 Å². The predicted octanol–water partition coefficient (Wildman–Crippen LogP) is 12.8. The number of ether oxygens (including phenoxy) is 2. The molecule has 0 saturated heterocycles. The second-order valence-corrected chi connectivity index (χ2v) is 13.3. The zero-order valence-corrected chi connectivity index (χ0v) is 30.4. The Morgan fingerprint density at radius 2 is 0.867 bits per heavy atom. The summed E-state index contributed by atoms with van der Waals surface area (Å²) in [6.45, 7) is 5.34. The molecular weight excluding hydrogens is 556 g/mol. The molecule has 4 heteroatoms. The lowest BCUT2D eigenvalue weighted by atomic mass is 10.1. The maximum atomic E-state index is 12.1. The molecule has 45 heavy (non-hydrogen) atoms. The maximum Gasteiger partial charge on any atom is 0.306 e. The first kappa shape index (κ1) is 43.9. The Bertz CT molecular complexity index is 629. The van der Waals surface area contributed by atoms with E-state index in [4.69, 9.17) is 9.47 Å². The van der Waals surface area contributed by atoms with Gasteiger partial charge in [-0.15, -0.1) is 0 Å². The third kappa shape index (κ3) is 37.2. The summed E-state index contributed by atoms with van der Waals surface area (Å²) in [6, 6.07) is 0. The molecule has 0 aliphatic rings. The van der Waals surface area contributed by atoms with Crippen molar-refractivity contribution in [3.05, 3.63) is 24.3 Å². The molecule has 1 N–H and O–H groups in total. The summed E-state index contributed by atoms with van der Waals surface area (Å²) in [5.41, 5.74) is 0. The number of carbonyl (C=O) groups excluding carboxylic acids is 1. The first-order valence-electron chi connectivity index (χ1n) is 19.9. The summed E-state index contributed by atoms with van der Waals surface area (Å²) < 4.78 is 11.1. The second-order valence-electron chi connectivity index (χ2n) is 13.3. The molecule has 0 heterocycles. The number of aliphatic hydroxyl groups is 1. The minimum absolute atomic E-state index is 0.174. The number of hydrogen-bond acceptors (Lipinski definition) is 4. The zero-order chi connectivity index (χ0) is 32.7. The molecule has 0 aromatic heterocycles. The largest absolute Gasteiger partial charge is 0.457 e. The molecule has 0 amide bonds. The smallest absolute Gasteiger partial charge is 0.306 e. The van der Waals surface area contributed by atoms with E-state index >= 15 is 0 Å². The van der Waals surface area contributed by atoms with Gasteiger partial charge < -0.3 is 14.6 Å². The van der Waals surface area contributed by atoms with E-state index in [0.29, 0.717) is 19.6 Å². The van der Waals surface area contributed by atoms with Crippen LogP contribution >= 0.6 is 0 Å². The van der Waals surface area contributed by atoms with E-state index in [1.165, 1.54) is 167 Å². The summed E-state index contributed by atoms with van der Waals surface area (Å²) in [5, 5.41) is 9.57. The number of carbonyl (C=O) groups is 1. The first-order valence-corrected chi connectivity index (χ1v) is 19.9. The van der Waals surface area contributed by atoms with Gasteiger partial charge in [-0.2, -0.15) is 0 Å². The van der Waals surface area contributed by atoms with Crippen molar-refractivity contribution in [3.63, 3.8) is 0 Å². The fourth-order valence-corrected chi connectivity index (χ4v) is 5.73. The summed E-state index contributed by atoms with van der Waals surface area (Å²) >= 11 is 0. The Kier molecular flexibility index (Phi) is 38.1. The number of aliphatic hydroxyl groups excluding tert-OH is 1. The van der Waals surface area contributed by atoms with E-state index in [9.17, 15) is 9.90 Å². The van der Waals surface area contributed by atoms with Crippen LogP contribution in [0.25, 0.3) is 0 Å². The average Bonchev–Trinajstić information content (AvgIpc) is 3.05. The normalized spacial score (nSPS) is 12.5. The number of rotatable bonds is 37. The van der Waals surface area contributed by atoms with Crippen molar-refractivity contribution in [1.29, 1.82) is 0 Å². The first-order chi connectivity index (χ1) is 22.2. The molecule has 0 rings (SSSR count). The lowest BCUT2D eigenvalue weighted by Gasteiger charge is -2.15. The van der Waals surface area contributed by atoms with Gasteiger partial charge in [0.15, 0.2) is 0 Å². The molecule has 4 nitrogen and oxygen atoms in total. The zero-order valence-electron chi connectivity index (χ0n) is 30.4. The van der Waals surface area contributed by atoms with Crippen molar-refractivity contribution in [3.8, 4) is 0 Å². The Morgan fingerprint density at radius 1 is 0.511 bits per heavy atom. The van der Waals surface area contributed by atoms with Crippen LogP contribution in [0, 0.1) is 0 Å². The minimum atomic E-state index is -0.536. The SMILES string of the molecule is CCCCCCC/C=C\CCCCCCCC(=O)OC(CO)COCCCCCCCCCC/C=C\CCCCCCCCC. The number of hydrogen-bond donors (Lipinski definition) is 1. The molecule has 266 valence electrons. The molecule has 0 spiro atoms. The number of esters is 1. The molecule has 0 aliphatic carbocycles. The summed E-state index contributed by atoms with van der Waals surface area (Å²) in [5.74, 6) is -0.209. The van der Waals surface area contributed by atoms with E-state index in [-0.39, 0.29) is 12.6 Å². The summed E-state index contributed by atoms with van der Waals surface area (Å²) in [6.07, 6.45) is 46.5. The van der Waals surface area contributed by atoms with Crippen LogP contribution in [-0.4, -0.2) is 37.0 Å². The van der Waals surface area contributed by atoms with Crippen LogP contribution in [0.15, 0.2) is 24.3 Å². The lowest BCUT2D eigenvalue weighted by Crippen LogP contribution is -2.27. The van der Waals surface area contributed by atoms with Gasteiger partial charge in [-0.1, -0.05) is 160 Å². The molecule has 1 unspecified atom stereocenters. The Morgan fingerprint density at radius 3 is 1.27 bits per heavy atom. The van der Waals surface area contributed by atoms with E-state index in [0.717, 1.165) is 19.3 Å². The van der Waals surface area contributed by atoms with Crippen molar-refractivity contribution in [1.82, 2.24) is 0 Å². The third-order valence-corrected chi connectivity index (χ3v) is 8.75. The molecule has 0 fully saturated rings. The highest BCUT2D eigenvalue weighted by atomic mass is 16.6. The second kappa shape index (κ2) is 39.1. The van der Waals surface area contributed by atoms with E-state index in [1.54, 1.807) is 0 Å². The predicted molar refractivity (Wildman–Crippen MR) is 196 cm³/mol. The lowest BCUT2D eigenvalue weighted by molar-refractivity contribution is -0.154. The van der Waals surface area contributed by atoms with E-state index < -0.39 is 6.10 Å². The van der Waals surface area contributed by atoms with Gasteiger partial charge in [0.25, 0.3) is 0 Å². The van der Waals surface area contributed by atoms with Crippen molar-refractivity contribution in [2.75, 3.05) is 19.8 Å². The van der Waals surface area contributed by atoms with E-state index in [1.807, 2.05) is 0 Å². The topological polar surface area (TPSA) is 55.8 Å². The van der Waals surface area contributed by atoms with Gasteiger partial charge in [0.1, 0.15) is 6.10 Å². The van der Waals surface area contributed by atoms with Crippen LogP contribution in [0.4, 0.5) is 0 Å². The molecule has 0 aromatic rings. The van der Waals surface area contributed by atoms with Crippen LogP contribution in [-0.2, 0) is 14.3 Å². The summed E-state index contributed by atoms with van der Waals surface area (Å²) in [7, 11) is 0. The standard InChI is InChI=1S/C41H78O4/c1-3-5-7-9-11-13-15-17-19-20-21-22-23-25-27-29-31-33-35-37-44-39-40(38-42)45-41(43)36-34-32-30-28-26-24-18-16-14-12-10-8-6-4-2/h16,18-20,40,42H,3-15,17,21-39H2,1-2H3/b18-16-,20-19-. The molecule has 0 aliphatic heterocycles. The molecule has 0 radical (unpaired) electrons. The van der Waals surface area contributed by atoms with Crippen molar-refractivity contribution in [2.24, 2.45) is 0 Å². The Balaban J connectivity index is 3.42. The van der Waals surface area contributed by atoms with Crippen molar-refractivity contribution >= 4 is 5.97 Å². The Labute approximate surface area is 281 Å². The van der Waals surface area contributed by atoms with Crippen LogP contribution in [0.5, 0.6) is 0 Å². The van der Waals surface area contributed by atoms with E-state index in [2.05, 4.69) is 38.2 Å². The molecule has 0 saturated carbocycles. The van der Waals surface area contributed by atoms with Crippen LogP contribution in [0.1, 0.15) is 206 Å². The fourth-order valence-electron chi connectivity index (χ4n) is 5.73. The highest BCUT2D eigenvalue weighted by Crippen LogP contribution is 2.13. The molecule has 0 aromatic carbocycles. The van der Waals surface area contributed by atoms with Crippen LogP contribution in [0.3, 0.4) is 0 Å². The van der Waals surface area contributed by atoms with Gasteiger partial charge in [0.2, 0.25) is 0 Å². The number of unbranched alkanes of at least 4 members (excludes halogenated alkanes) is 25. The summed E-state index contributed by atoms with van der Waals surface area (Å²) in [4.78, 5) is 12.1. The van der Waals surface area contributed by atoms with Gasteiger partial charge in [0.05, 0.1) is 13.2 Å².